The molecule has 2 rings (SSSR count). The number of hydrogen-bond donors (Lipinski definition) is 1. The summed E-state index contributed by atoms with van der Waals surface area (Å²) in [5.41, 5.74) is 6.56. The van der Waals surface area contributed by atoms with Crippen LogP contribution in [-0.2, 0) is 14.6 Å². The molecule has 0 aliphatic carbocycles. The van der Waals surface area contributed by atoms with Crippen molar-refractivity contribution in [2.75, 3.05) is 36.9 Å². The van der Waals surface area contributed by atoms with E-state index in [1.165, 1.54) is 6.07 Å². The standard InChI is InChI=1S/C11H14F2N2O3S/c12-11(13)19(16,17)8-1-2-10(9(14)7-8)15-3-5-18-6-4-15/h1-2,7,11H,3-6,14H2. The number of nitrogen functional groups attached to an aromatic ring is 1. The number of halogens is 2. The molecule has 0 unspecified atom stereocenters. The number of benzene rings is 1. The van der Waals surface area contributed by atoms with Gasteiger partial charge >= 0.3 is 5.76 Å². The minimum absolute atomic E-state index is 0.170. The van der Waals surface area contributed by atoms with E-state index < -0.39 is 20.5 Å². The Morgan fingerprint density at radius 1 is 1.26 bits per heavy atom. The summed E-state index contributed by atoms with van der Waals surface area (Å²) in [6.07, 6.45) is 0. The summed E-state index contributed by atoms with van der Waals surface area (Å²) in [7, 11) is -4.60. The van der Waals surface area contributed by atoms with Gasteiger partial charge in [0.15, 0.2) is 0 Å². The second-order valence-electron chi connectivity index (χ2n) is 4.13. The molecule has 0 saturated carbocycles. The van der Waals surface area contributed by atoms with E-state index in [1.807, 2.05) is 4.90 Å². The van der Waals surface area contributed by atoms with Crippen LogP contribution < -0.4 is 10.6 Å². The lowest BCUT2D eigenvalue weighted by Crippen LogP contribution is -2.36. The number of ether oxygens (including phenoxy) is 1. The first kappa shape index (κ1) is 14.0. The fourth-order valence-electron chi connectivity index (χ4n) is 1.90. The molecule has 1 aliphatic rings. The van der Waals surface area contributed by atoms with Gasteiger partial charge < -0.3 is 15.4 Å². The largest absolute Gasteiger partial charge is 0.397 e. The Morgan fingerprint density at radius 2 is 1.89 bits per heavy atom. The van der Waals surface area contributed by atoms with E-state index in [1.54, 1.807) is 0 Å². The Hall–Kier alpha value is -1.41. The molecule has 0 atom stereocenters. The molecular weight excluding hydrogens is 278 g/mol. The van der Waals surface area contributed by atoms with Crippen molar-refractivity contribution in [3.63, 3.8) is 0 Å². The van der Waals surface area contributed by atoms with Gasteiger partial charge in [-0.05, 0) is 18.2 Å². The first-order valence-electron chi connectivity index (χ1n) is 5.67. The van der Waals surface area contributed by atoms with E-state index in [2.05, 4.69) is 0 Å². The molecule has 0 amide bonds. The number of anilines is 2. The van der Waals surface area contributed by atoms with E-state index in [0.717, 1.165) is 12.1 Å². The molecule has 106 valence electrons. The Kier molecular flexibility index (Phi) is 3.91. The van der Waals surface area contributed by atoms with Crippen LogP contribution in [0.15, 0.2) is 23.1 Å². The highest BCUT2D eigenvalue weighted by atomic mass is 32.2. The number of nitrogens with zero attached hydrogens (tertiary/aromatic N) is 1. The van der Waals surface area contributed by atoms with Gasteiger partial charge in [-0.3, -0.25) is 0 Å². The number of sulfone groups is 1. The number of rotatable bonds is 3. The Labute approximate surface area is 109 Å². The van der Waals surface area contributed by atoms with Crippen molar-refractivity contribution in [2.45, 2.75) is 10.7 Å². The molecule has 1 aliphatic heterocycles. The molecular formula is C11H14F2N2O3S. The first-order chi connectivity index (χ1) is 8.93. The van der Waals surface area contributed by atoms with Gasteiger partial charge in [0.1, 0.15) is 0 Å². The molecule has 0 aromatic heterocycles. The van der Waals surface area contributed by atoms with Gasteiger partial charge in [0, 0.05) is 13.1 Å². The predicted molar refractivity (Wildman–Crippen MR) is 67.1 cm³/mol. The molecule has 8 heteroatoms. The fourth-order valence-corrected chi connectivity index (χ4v) is 2.66. The van der Waals surface area contributed by atoms with Gasteiger partial charge in [-0.2, -0.15) is 8.78 Å². The number of nitrogens with two attached hydrogens (primary N) is 1. The first-order valence-corrected chi connectivity index (χ1v) is 7.22. The maximum Gasteiger partial charge on any atom is 0.341 e. The van der Waals surface area contributed by atoms with E-state index in [-0.39, 0.29) is 5.69 Å². The maximum atomic E-state index is 12.4. The van der Waals surface area contributed by atoms with Crippen molar-refractivity contribution in [2.24, 2.45) is 0 Å². The van der Waals surface area contributed by atoms with Gasteiger partial charge in [-0.15, -0.1) is 0 Å². The molecule has 1 aromatic carbocycles. The third kappa shape index (κ3) is 2.79. The Bertz CT molecular complexity index is 557. The molecule has 0 bridgehead atoms. The lowest BCUT2D eigenvalue weighted by Gasteiger charge is -2.30. The molecule has 1 heterocycles. The van der Waals surface area contributed by atoms with Crippen LogP contribution in [0.25, 0.3) is 0 Å². The highest BCUT2D eigenvalue weighted by Crippen LogP contribution is 2.28. The topological polar surface area (TPSA) is 72.6 Å². The van der Waals surface area contributed by atoms with Gasteiger partial charge in [0.25, 0.3) is 0 Å². The summed E-state index contributed by atoms with van der Waals surface area (Å²) in [4.78, 5) is 1.47. The summed E-state index contributed by atoms with van der Waals surface area (Å²) in [6.45, 7) is 2.36. The van der Waals surface area contributed by atoms with Crippen LogP contribution in [0.4, 0.5) is 20.2 Å². The van der Waals surface area contributed by atoms with E-state index in [4.69, 9.17) is 10.5 Å². The van der Waals surface area contributed by atoms with Crippen molar-refractivity contribution in [3.8, 4) is 0 Å². The van der Waals surface area contributed by atoms with Crippen molar-refractivity contribution in [1.82, 2.24) is 0 Å². The molecule has 0 spiro atoms. The third-order valence-electron chi connectivity index (χ3n) is 2.91. The van der Waals surface area contributed by atoms with Crippen LogP contribution in [0.3, 0.4) is 0 Å². The minimum Gasteiger partial charge on any atom is -0.397 e. The van der Waals surface area contributed by atoms with E-state index >= 15 is 0 Å². The van der Waals surface area contributed by atoms with Gasteiger partial charge in [0.2, 0.25) is 9.84 Å². The Balaban J connectivity index is 2.32. The summed E-state index contributed by atoms with van der Waals surface area (Å²) in [6, 6.07) is 3.69. The maximum absolute atomic E-state index is 12.4. The zero-order chi connectivity index (χ0) is 14.0. The van der Waals surface area contributed by atoms with Crippen LogP contribution in [0.5, 0.6) is 0 Å². The zero-order valence-corrected chi connectivity index (χ0v) is 10.9. The molecule has 1 fully saturated rings. The summed E-state index contributed by atoms with van der Waals surface area (Å²) < 4.78 is 52.7. The lowest BCUT2D eigenvalue weighted by atomic mass is 10.2. The van der Waals surface area contributed by atoms with Crippen molar-refractivity contribution >= 4 is 21.2 Å². The molecule has 0 radical (unpaired) electrons. The minimum atomic E-state index is -4.60. The molecule has 1 aromatic rings. The quantitative estimate of drug-likeness (QED) is 0.845. The third-order valence-corrected chi connectivity index (χ3v) is 4.29. The van der Waals surface area contributed by atoms with Crippen LogP contribution in [-0.4, -0.2) is 40.5 Å². The van der Waals surface area contributed by atoms with Crippen LogP contribution in [0.2, 0.25) is 0 Å². The normalized spacial score (nSPS) is 16.9. The number of hydrogen-bond acceptors (Lipinski definition) is 5. The van der Waals surface area contributed by atoms with Crippen LogP contribution in [0, 0.1) is 0 Å². The average Bonchev–Trinajstić information content (AvgIpc) is 2.39. The molecule has 19 heavy (non-hydrogen) atoms. The predicted octanol–water partition coefficient (Wildman–Crippen LogP) is 1.10. The molecule has 5 nitrogen and oxygen atoms in total. The monoisotopic (exact) mass is 292 g/mol. The summed E-state index contributed by atoms with van der Waals surface area (Å²) >= 11 is 0. The summed E-state index contributed by atoms with van der Waals surface area (Å²) in [5, 5.41) is 0. The van der Waals surface area contributed by atoms with Crippen molar-refractivity contribution < 1.29 is 21.9 Å². The van der Waals surface area contributed by atoms with Crippen molar-refractivity contribution in [3.05, 3.63) is 18.2 Å². The molecule has 2 N–H and O–H groups in total. The van der Waals surface area contributed by atoms with E-state index in [9.17, 15) is 17.2 Å². The second kappa shape index (κ2) is 5.30. The van der Waals surface area contributed by atoms with Gasteiger partial charge in [-0.1, -0.05) is 0 Å². The van der Waals surface area contributed by atoms with Crippen LogP contribution in [0.1, 0.15) is 0 Å². The van der Waals surface area contributed by atoms with Gasteiger partial charge in [-0.25, -0.2) is 8.42 Å². The molecule has 1 saturated heterocycles. The SMILES string of the molecule is Nc1cc(S(=O)(=O)C(F)F)ccc1N1CCOCC1. The lowest BCUT2D eigenvalue weighted by molar-refractivity contribution is 0.123. The smallest absolute Gasteiger partial charge is 0.341 e. The summed E-state index contributed by atoms with van der Waals surface area (Å²) in [5.74, 6) is -3.44. The highest BCUT2D eigenvalue weighted by Gasteiger charge is 2.27. The Morgan fingerprint density at radius 3 is 2.42 bits per heavy atom. The van der Waals surface area contributed by atoms with E-state index in [0.29, 0.717) is 32.0 Å². The fraction of sp³-hybridized carbons (Fsp3) is 0.455. The van der Waals surface area contributed by atoms with Crippen LogP contribution >= 0.6 is 0 Å². The highest BCUT2D eigenvalue weighted by molar-refractivity contribution is 7.91. The number of alkyl halides is 2. The van der Waals surface area contributed by atoms with Crippen molar-refractivity contribution in [1.29, 1.82) is 0 Å². The second-order valence-corrected chi connectivity index (χ2v) is 6.04. The average molecular weight is 292 g/mol. The number of morpholine rings is 1. The van der Waals surface area contributed by atoms with Gasteiger partial charge in [0.05, 0.1) is 29.5 Å². The zero-order valence-electron chi connectivity index (χ0n) is 10.1.